The first-order chi connectivity index (χ1) is 9.63. The SMILES string of the molecule is Cc1nn(C)c(CN(CCC#N)c2ccccc2)c1Br. The fraction of sp³-hybridized carbons (Fsp3) is 0.333. The lowest BCUT2D eigenvalue weighted by molar-refractivity contribution is 0.675. The quantitative estimate of drug-likeness (QED) is 0.842. The molecule has 1 heterocycles. The predicted octanol–water partition coefficient (Wildman–Crippen LogP) is 3.41. The third-order valence-electron chi connectivity index (χ3n) is 3.22. The Bertz CT molecular complexity index is 613. The van der Waals surface area contributed by atoms with E-state index in [1.165, 1.54) is 0 Å². The molecule has 20 heavy (non-hydrogen) atoms. The van der Waals surface area contributed by atoms with E-state index in [2.05, 4.69) is 44.1 Å². The van der Waals surface area contributed by atoms with E-state index < -0.39 is 0 Å². The van der Waals surface area contributed by atoms with Gasteiger partial charge in [0, 0.05) is 19.3 Å². The highest BCUT2D eigenvalue weighted by Gasteiger charge is 2.15. The summed E-state index contributed by atoms with van der Waals surface area (Å²) in [4.78, 5) is 2.20. The minimum Gasteiger partial charge on any atom is -0.365 e. The molecule has 1 aromatic heterocycles. The zero-order valence-corrected chi connectivity index (χ0v) is 13.3. The number of hydrogen-bond acceptors (Lipinski definition) is 3. The van der Waals surface area contributed by atoms with Gasteiger partial charge in [-0.05, 0) is 35.0 Å². The molecule has 0 saturated heterocycles. The van der Waals surface area contributed by atoms with Gasteiger partial charge in [-0.15, -0.1) is 0 Å². The Balaban J connectivity index is 2.26. The monoisotopic (exact) mass is 332 g/mol. The van der Waals surface area contributed by atoms with Gasteiger partial charge in [0.15, 0.2) is 0 Å². The van der Waals surface area contributed by atoms with Gasteiger partial charge >= 0.3 is 0 Å². The molecular formula is C15H17BrN4. The number of nitrogens with zero attached hydrogens (tertiary/aromatic N) is 4. The van der Waals surface area contributed by atoms with E-state index >= 15 is 0 Å². The molecule has 0 aliphatic heterocycles. The molecule has 0 saturated carbocycles. The van der Waals surface area contributed by atoms with E-state index in [0.717, 1.165) is 28.1 Å². The zero-order valence-electron chi connectivity index (χ0n) is 11.7. The van der Waals surface area contributed by atoms with Crippen LogP contribution in [0.3, 0.4) is 0 Å². The summed E-state index contributed by atoms with van der Waals surface area (Å²) in [5.74, 6) is 0. The molecule has 104 valence electrons. The van der Waals surface area contributed by atoms with Gasteiger partial charge in [0.25, 0.3) is 0 Å². The second-order valence-electron chi connectivity index (χ2n) is 4.63. The van der Waals surface area contributed by atoms with Crippen molar-refractivity contribution in [3.05, 3.63) is 46.2 Å². The van der Waals surface area contributed by atoms with Crippen LogP contribution in [-0.4, -0.2) is 16.3 Å². The second-order valence-corrected chi connectivity index (χ2v) is 5.43. The molecule has 0 atom stereocenters. The predicted molar refractivity (Wildman–Crippen MR) is 83.4 cm³/mol. The molecule has 5 heteroatoms. The van der Waals surface area contributed by atoms with Crippen LogP contribution >= 0.6 is 15.9 Å². The van der Waals surface area contributed by atoms with E-state index in [1.54, 1.807) is 0 Å². The molecular weight excluding hydrogens is 316 g/mol. The van der Waals surface area contributed by atoms with Crippen LogP contribution in [0.2, 0.25) is 0 Å². The lowest BCUT2D eigenvalue weighted by Crippen LogP contribution is -2.25. The number of benzene rings is 1. The molecule has 0 fully saturated rings. The van der Waals surface area contributed by atoms with Crippen LogP contribution in [0.5, 0.6) is 0 Å². The number of aryl methyl sites for hydroxylation is 2. The molecule has 2 aromatic rings. The average Bonchev–Trinajstić information content (AvgIpc) is 2.70. The highest BCUT2D eigenvalue weighted by molar-refractivity contribution is 9.10. The fourth-order valence-corrected chi connectivity index (χ4v) is 2.62. The number of aromatic nitrogens is 2. The Hall–Kier alpha value is -1.80. The number of para-hydroxylation sites is 1. The zero-order chi connectivity index (χ0) is 14.5. The Labute approximate surface area is 127 Å². The van der Waals surface area contributed by atoms with Crippen LogP contribution in [0, 0.1) is 18.3 Å². The fourth-order valence-electron chi connectivity index (χ4n) is 2.16. The van der Waals surface area contributed by atoms with Crippen LogP contribution in [0.1, 0.15) is 17.8 Å². The molecule has 0 aliphatic rings. The van der Waals surface area contributed by atoms with Gasteiger partial charge in [0.2, 0.25) is 0 Å². The maximum Gasteiger partial charge on any atom is 0.0739 e. The Morgan fingerprint density at radius 1 is 1.35 bits per heavy atom. The lowest BCUT2D eigenvalue weighted by Gasteiger charge is -2.24. The first kappa shape index (κ1) is 14.6. The van der Waals surface area contributed by atoms with Gasteiger partial charge in [-0.1, -0.05) is 18.2 Å². The van der Waals surface area contributed by atoms with Gasteiger partial charge in [0.1, 0.15) is 0 Å². The van der Waals surface area contributed by atoms with Gasteiger partial charge < -0.3 is 4.90 Å². The van der Waals surface area contributed by atoms with E-state index in [9.17, 15) is 0 Å². The summed E-state index contributed by atoms with van der Waals surface area (Å²) >= 11 is 3.60. The molecule has 0 N–H and O–H groups in total. The number of hydrogen-bond donors (Lipinski definition) is 0. The summed E-state index contributed by atoms with van der Waals surface area (Å²) in [6.45, 7) is 3.41. The maximum atomic E-state index is 8.84. The first-order valence-electron chi connectivity index (χ1n) is 6.48. The Morgan fingerprint density at radius 3 is 2.60 bits per heavy atom. The summed E-state index contributed by atoms with van der Waals surface area (Å²) in [6.07, 6.45) is 0.503. The second kappa shape index (κ2) is 6.58. The summed E-state index contributed by atoms with van der Waals surface area (Å²) in [7, 11) is 1.94. The molecule has 4 nitrogen and oxygen atoms in total. The molecule has 0 aliphatic carbocycles. The average molecular weight is 333 g/mol. The summed E-state index contributed by atoms with van der Waals surface area (Å²) in [5, 5.41) is 13.3. The van der Waals surface area contributed by atoms with Crippen LogP contribution in [0.15, 0.2) is 34.8 Å². The third kappa shape index (κ3) is 3.20. The normalized spacial score (nSPS) is 10.3. The largest absolute Gasteiger partial charge is 0.365 e. The van der Waals surface area contributed by atoms with E-state index in [1.807, 2.05) is 36.9 Å². The molecule has 0 unspecified atom stereocenters. The number of rotatable bonds is 5. The highest BCUT2D eigenvalue weighted by atomic mass is 79.9. The van der Waals surface area contributed by atoms with Crippen molar-refractivity contribution >= 4 is 21.6 Å². The third-order valence-corrected chi connectivity index (χ3v) is 4.25. The number of halogens is 1. The molecule has 2 rings (SSSR count). The van der Waals surface area contributed by atoms with E-state index in [-0.39, 0.29) is 0 Å². The first-order valence-corrected chi connectivity index (χ1v) is 7.27. The van der Waals surface area contributed by atoms with Crippen molar-refractivity contribution in [1.29, 1.82) is 5.26 Å². The van der Waals surface area contributed by atoms with Crippen molar-refractivity contribution in [2.45, 2.75) is 19.9 Å². The molecule has 0 bridgehead atoms. The topological polar surface area (TPSA) is 44.9 Å². The standard InChI is InChI=1S/C15H17BrN4/c1-12-15(16)14(19(2)18-12)11-20(10-6-9-17)13-7-4-3-5-8-13/h3-5,7-8H,6,10-11H2,1-2H3. The Kier molecular flexibility index (Phi) is 4.80. The summed E-state index contributed by atoms with van der Waals surface area (Å²) in [6, 6.07) is 12.4. The molecule has 0 spiro atoms. The summed E-state index contributed by atoms with van der Waals surface area (Å²) < 4.78 is 2.93. The van der Waals surface area contributed by atoms with Crippen LogP contribution in [0.25, 0.3) is 0 Å². The molecule has 0 amide bonds. The van der Waals surface area contributed by atoms with Gasteiger partial charge in [-0.25, -0.2) is 0 Å². The minimum atomic E-state index is 0.503. The van der Waals surface area contributed by atoms with Crippen LogP contribution in [0.4, 0.5) is 5.69 Å². The van der Waals surface area contributed by atoms with Crippen LogP contribution in [-0.2, 0) is 13.6 Å². The van der Waals surface area contributed by atoms with Crippen molar-refractivity contribution < 1.29 is 0 Å². The van der Waals surface area contributed by atoms with Crippen molar-refractivity contribution in [3.8, 4) is 6.07 Å². The van der Waals surface area contributed by atoms with Crippen molar-refractivity contribution in [3.63, 3.8) is 0 Å². The van der Waals surface area contributed by atoms with Crippen molar-refractivity contribution in [2.24, 2.45) is 7.05 Å². The van der Waals surface area contributed by atoms with Gasteiger partial charge in [-0.3, -0.25) is 4.68 Å². The molecule has 1 aromatic carbocycles. The van der Waals surface area contributed by atoms with Gasteiger partial charge in [-0.2, -0.15) is 10.4 Å². The smallest absolute Gasteiger partial charge is 0.0739 e. The number of anilines is 1. The van der Waals surface area contributed by atoms with Crippen LogP contribution < -0.4 is 4.90 Å². The van der Waals surface area contributed by atoms with Crippen molar-refractivity contribution in [1.82, 2.24) is 9.78 Å². The van der Waals surface area contributed by atoms with E-state index in [4.69, 9.17) is 5.26 Å². The number of nitriles is 1. The Morgan fingerprint density at radius 2 is 2.05 bits per heavy atom. The maximum absolute atomic E-state index is 8.84. The van der Waals surface area contributed by atoms with Gasteiger partial charge in [0.05, 0.1) is 34.9 Å². The van der Waals surface area contributed by atoms with Crippen molar-refractivity contribution in [2.75, 3.05) is 11.4 Å². The summed E-state index contributed by atoms with van der Waals surface area (Å²) in [5.41, 5.74) is 3.22. The van der Waals surface area contributed by atoms with E-state index in [0.29, 0.717) is 13.0 Å². The minimum absolute atomic E-state index is 0.503. The highest BCUT2D eigenvalue weighted by Crippen LogP contribution is 2.24. The lowest BCUT2D eigenvalue weighted by atomic mass is 10.2. The molecule has 0 radical (unpaired) electrons.